The first-order valence-electron chi connectivity index (χ1n) is 5.66. The number of halogens is 1. The molecule has 0 atom stereocenters. The molecule has 2 aromatic rings. The minimum atomic E-state index is -0.634. The smallest absolute Gasteiger partial charge is 0.288 e. The van der Waals surface area contributed by atoms with E-state index < -0.39 is 10.8 Å². The van der Waals surface area contributed by atoms with Crippen LogP contribution in [-0.4, -0.2) is 15.8 Å². The molecule has 7 heteroatoms. The van der Waals surface area contributed by atoms with Crippen LogP contribution in [0.1, 0.15) is 15.9 Å². The van der Waals surface area contributed by atoms with Crippen LogP contribution in [0.15, 0.2) is 36.5 Å². The fraction of sp³-hybridized carbons (Fsp3) is 0.0769. The number of nitro groups is 1. The van der Waals surface area contributed by atoms with Gasteiger partial charge in [-0.15, -0.1) is 0 Å². The van der Waals surface area contributed by atoms with Crippen molar-refractivity contribution >= 4 is 29.0 Å². The van der Waals surface area contributed by atoms with E-state index in [0.717, 1.165) is 5.56 Å². The van der Waals surface area contributed by atoms with Crippen molar-refractivity contribution in [2.24, 2.45) is 0 Å². The van der Waals surface area contributed by atoms with Crippen LogP contribution in [0, 0.1) is 17.0 Å². The summed E-state index contributed by atoms with van der Waals surface area (Å²) in [4.78, 5) is 26.3. The Morgan fingerprint density at radius 2 is 2.10 bits per heavy atom. The van der Waals surface area contributed by atoms with Gasteiger partial charge in [0.2, 0.25) is 0 Å². The molecule has 0 saturated heterocycles. The number of hydrogen-bond donors (Lipinski definition) is 1. The summed E-state index contributed by atoms with van der Waals surface area (Å²) in [6.07, 6.45) is 1.54. The van der Waals surface area contributed by atoms with Gasteiger partial charge < -0.3 is 5.32 Å². The molecule has 0 radical (unpaired) electrons. The van der Waals surface area contributed by atoms with Crippen LogP contribution in [0.4, 0.5) is 11.5 Å². The molecule has 20 heavy (non-hydrogen) atoms. The maximum absolute atomic E-state index is 12.1. The molecule has 0 spiro atoms. The van der Waals surface area contributed by atoms with Crippen molar-refractivity contribution in [3.8, 4) is 0 Å². The third kappa shape index (κ3) is 2.75. The largest absolute Gasteiger partial charge is 0.306 e. The van der Waals surface area contributed by atoms with Crippen LogP contribution in [-0.2, 0) is 0 Å². The summed E-state index contributed by atoms with van der Waals surface area (Å²) in [5, 5.41) is 13.2. The number of aryl methyl sites for hydroxylation is 1. The monoisotopic (exact) mass is 291 g/mol. The molecular weight excluding hydrogens is 282 g/mol. The van der Waals surface area contributed by atoms with Crippen LogP contribution < -0.4 is 5.32 Å². The molecule has 0 unspecified atom stereocenters. The number of hydrogen-bond acceptors (Lipinski definition) is 4. The van der Waals surface area contributed by atoms with Gasteiger partial charge in [0.15, 0.2) is 0 Å². The number of amides is 1. The quantitative estimate of drug-likeness (QED) is 0.695. The van der Waals surface area contributed by atoms with Gasteiger partial charge in [0, 0.05) is 12.3 Å². The fourth-order valence-corrected chi connectivity index (χ4v) is 1.91. The van der Waals surface area contributed by atoms with Gasteiger partial charge >= 0.3 is 0 Å². The average molecular weight is 292 g/mol. The predicted molar refractivity (Wildman–Crippen MR) is 75.0 cm³/mol. The standard InChI is InChI=1S/C13H10ClN3O3/c1-8-4-3-7-15-12(8)16-13(18)9-5-2-6-10(11(9)14)17(19)20/h2-7H,1H3,(H,15,16,18). The number of nitrogens with zero attached hydrogens (tertiary/aromatic N) is 2. The van der Waals surface area contributed by atoms with E-state index in [1.807, 2.05) is 0 Å². The molecular formula is C13H10ClN3O3. The number of benzene rings is 1. The summed E-state index contributed by atoms with van der Waals surface area (Å²) < 4.78 is 0. The molecule has 0 bridgehead atoms. The number of nitro benzene ring substituents is 1. The van der Waals surface area contributed by atoms with Crippen molar-refractivity contribution in [2.75, 3.05) is 5.32 Å². The molecule has 6 nitrogen and oxygen atoms in total. The maximum atomic E-state index is 12.1. The van der Waals surface area contributed by atoms with Crippen LogP contribution in [0.2, 0.25) is 5.02 Å². The highest BCUT2D eigenvalue weighted by Gasteiger charge is 2.20. The van der Waals surface area contributed by atoms with Crippen molar-refractivity contribution in [1.29, 1.82) is 0 Å². The molecule has 1 amide bonds. The summed E-state index contributed by atoms with van der Waals surface area (Å²) in [5.74, 6) is -0.152. The molecule has 2 rings (SSSR count). The van der Waals surface area contributed by atoms with Gasteiger partial charge in [-0.2, -0.15) is 0 Å². The van der Waals surface area contributed by atoms with Gasteiger partial charge in [0.1, 0.15) is 10.8 Å². The Hall–Kier alpha value is -2.47. The number of pyridine rings is 1. The lowest BCUT2D eigenvalue weighted by Crippen LogP contribution is -2.14. The number of anilines is 1. The number of carbonyl (C=O) groups excluding carboxylic acids is 1. The molecule has 0 aliphatic rings. The molecule has 102 valence electrons. The summed E-state index contributed by atoms with van der Waals surface area (Å²) >= 11 is 5.88. The Labute approximate surface area is 119 Å². The Morgan fingerprint density at radius 3 is 2.75 bits per heavy atom. The van der Waals surface area contributed by atoms with Crippen molar-refractivity contribution < 1.29 is 9.72 Å². The second kappa shape index (κ2) is 5.66. The molecule has 0 aliphatic carbocycles. The molecule has 1 heterocycles. The van der Waals surface area contributed by atoms with Gasteiger partial charge in [-0.05, 0) is 24.6 Å². The van der Waals surface area contributed by atoms with Gasteiger partial charge in [0.25, 0.3) is 11.6 Å². The predicted octanol–water partition coefficient (Wildman–Crippen LogP) is 3.20. The van der Waals surface area contributed by atoms with E-state index in [1.165, 1.54) is 24.4 Å². The SMILES string of the molecule is Cc1cccnc1NC(=O)c1cccc([N+](=O)[O-])c1Cl. The number of nitrogens with one attached hydrogen (secondary N) is 1. The first-order valence-corrected chi connectivity index (χ1v) is 6.04. The van der Waals surface area contributed by atoms with Crippen molar-refractivity contribution in [3.63, 3.8) is 0 Å². The first kappa shape index (κ1) is 14.0. The zero-order valence-corrected chi connectivity index (χ0v) is 11.2. The Morgan fingerprint density at radius 1 is 1.35 bits per heavy atom. The fourth-order valence-electron chi connectivity index (χ4n) is 1.63. The van der Waals surface area contributed by atoms with E-state index in [0.29, 0.717) is 5.82 Å². The van der Waals surface area contributed by atoms with Gasteiger partial charge in [-0.25, -0.2) is 4.98 Å². The Balaban J connectivity index is 2.33. The summed E-state index contributed by atoms with van der Waals surface area (Å²) in [6.45, 7) is 1.79. The van der Waals surface area contributed by atoms with Crippen molar-refractivity contribution in [3.05, 3.63) is 62.8 Å². The van der Waals surface area contributed by atoms with Gasteiger partial charge in [-0.3, -0.25) is 14.9 Å². The molecule has 1 aromatic carbocycles. The summed E-state index contributed by atoms with van der Waals surface area (Å²) in [6, 6.07) is 7.60. The minimum Gasteiger partial charge on any atom is -0.306 e. The van der Waals surface area contributed by atoms with E-state index in [2.05, 4.69) is 10.3 Å². The second-order valence-corrected chi connectivity index (χ2v) is 4.40. The highest BCUT2D eigenvalue weighted by atomic mass is 35.5. The lowest BCUT2D eigenvalue weighted by Gasteiger charge is -2.08. The Bertz CT molecular complexity index is 688. The second-order valence-electron chi connectivity index (χ2n) is 4.02. The van der Waals surface area contributed by atoms with E-state index in [1.54, 1.807) is 19.1 Å². The van der Waals surface area contributed by atoms with Crippen LogP contribution in [0.3, 0.4) is 0 Å². The third-order valence-electron chi connectivity index (χ3n) is 2.66. The molecule has 1 N–H and O–H groups in total. The number of rotatable bonds is 3. The number of aromatic nitrogens is 1. The molecule has 1 aromatic heterocycles. The van der Waals surface area contributed by atoms with E-state index in [-0.39, 0.29) is 16.3 Å². The van der Waals surface area contributed by atoms with E-state index in [9.17, 15) is 14.9 Å². The summed E-state index contributed by atoms with van der Waals surface area (Å²) in [7, 11) is 0. The normalized spacial score (nSPS) is 10.1. The minimum absolute atomic E-state index is 0.0333. The lowest BCUT2D eigenvalue weighted by atomic mass is 10.2. The zero-order chi connectivity index (χ0) is 14.7. The van der Waals surface area contributed by atoms with Crippen LogP contribution in [0.5, 0.6) is 0 Å². The third-order valence-corrected chi connectivity index (χ3v) is 3.06. The topological polar surface area (TPSA) is 85.1 Å². The van der Waals surface area contributed by atoms with E-state index in [4.69, 9.17) is 11.6 Å². The zero-order valence-electron chi connectivity index (χ0n) is 10.5. The van der Waals surface area contributed by atoms with Crippen molar-refractivity contribution in [1.82, 2.24) is 4.98 Å². The lowest BCUT2D eigenvalue weighted by molar-refractivity contribution is -0.384. The van der Waals surface area contributed by atoms with E-state index >= 15 is 0 Å². The van der Waals surface area contributed by atoms with Gasteiger partial charge in [0.05, 0.1) is 10.5 Å². The molecule has 0 fully saturated rings. The van der Waals surface area contributed by atoms with Crippen LogP contribution >= 0.6 is 11.6 Å². The summed E-state index contributed by atoms with van der Waals surface area (Å²) in [5.41, 5.74) is 0.505. The first-order chi connectivity index (χ1) is 9.50. The van der Waals surface area contributed by atoms with Gasteiger partial charge in [-0.1, -0.05) is 23.7 Å². The Kier molecular flexibility index (Phi) is 3.95. The highest BCUT2D eigenvalue weighted by Crippen LogP contribution is 2.28. The maximum Gasteiger partial charge on any atom is 0.288 e. The average Bonchev–Trinajstić information content (AvgIpc) is 2.41. The number of carbonyl (C=O) groups is 1. The molecule has 0 aliphatic heterocycles. The molecule has 0 saturated carbocycles. The van der Waals surface area contributed by atoms with Crippen molar-refractivity contribution in [2.45, 2.75) is 6.92 Å². The van der Waals surface area contributed by atoms with Crippen LogP contribution in [0.25, 0.3) is 0 Å². The highest BCUT2D eigenvalue weighted by molar-refractivity contribution is 6.36.